The van der Waals surface area contributed by atoms with Gasteiger partial charge >= 0.3 is 0 Å². The van der Waals surface area contributed by atoms with Crippen LogP contribution in [0.1, 0.15) is 0 Å². The summed E-state index contributed by atoms with van der Waals surface area (Å²) < 4.78 is 16.9. The minimum absolute atomic E-state index is 0.0362. The van der Waals surface area contributed by atoms with Gasteiger partial charge in [-0.25, -0.2) is 9.50 Å². The van der Waals surface area contributed by atoms with Gasteiger partial charge in [-0.1, -0.05) is 0 Å². The van der Waals surface area contributed by atoms with Crippen molar-refractivity contribution in [3.63, 3.8) is 0 Å². The first-order chi connectivity index (χ1) is 12.1. The second kappa shape index (κ2) is 7.18. The molecule has 1 aromatic carbocycles. The summed E-state index contributed by atoms with van der Waals surface area (Å²) in [6, 6.07) is 9.00. The maximum absolute atomic E-state index is 11.8. The highest BCUT2D eigenvalue weighted by Gasteiger charge is 2.12. The molecular formula is C17H18N4O4. The number of aromatic nitrogens is 3. The maximum atomic E-state index is 11.8. The summed E-state index contributed by atoms with van der Waals surface area (Å²) in [6.07, 6.45) is 1.79. The molecule has 0 saturated carbocycles. The number of carbonyl (C=O) groups is 1. The van der Waals surface area contributed by atoms with Gasteiger partial charge in [0.15, 0.2) is 5.65 Å². The van der Waals surface area contributed by atoms with Crippen LogP contribution in [0, 0.1) is 0 Å². The number of ether oxygens (including phenoxy) is 3. The standard InChI is InChI=1S/C17H18N4O4/c1-23-10-16(22)19-12-8-11(4-5-14(12)24-2)13-9-21-15(18-13)6-7-17(20-21)25-3/h4-9H,10H2,1-3H3,(H,19,22). The fourth-order valence-electron chi connectivity index (χ4n) is 2.39. The number of nitrogens with one attached hydrogen (secondary N) is 1. The van der Waals surface area contributed by atoms with Gasteiger partial charge < -0.3 is 19.5 Å². The summed E-state index contributed by atoms with van der Waals surface area (Å²) in [5.41, 5.74) is 2.77. The monoisotopic (exact) mass is 342 g/mol. The fourth-order valence-corrected chi connectivity index (χ4v) is 2.39. The van der Waals surface area contributed by atoms with E-state index in [1.54, 1.807) is 43.1 Å². The molecule has 8 heteroatoms. The first kappa shape index (κ1) is 16.7. The Labute approximate surface area is 144 Å². The molecule has 0 unspecified atom stereocenters. The number of carbonyl (C=O) groups excluding carboxylic acids is 1. The van der Waals surface area contributed by atoms with E-state index in [-0.39, 0.29) is 12.5 Å². The molecule has 8 nitrogen and oxygen atoms in total. The molecule has 1 N–H and O–H groups in total. The topological polar surface area (TPSA) is 87.0 Å². The normalized spacial score (nSPS) is 10.7. The number of nitrogens with zero attached hydrogens (tertiary/aromatic N) is 3. The van der Waals surface area contributed by atoms with Gasteiger partial charge in [-0.05, 0) is 24.3 Å². The summed E-state index contributed by atoms with van der Waals surface area (Å²) in [4.78, 5) is 16.3. The van der Waals surface area contributed by atoms with E-state index < -0.39 is 0 Å². The third kappa shape index (κ3) is 3.53. The molecule has 0 radical (unpaired) electrons. The van der Waals surface area contributed by atoms with E-state index >= 15 is 0 Å². The number of rotatable bonds is 6. The van der Waals surface area contributed by atoms with Gasteiger partial charge in [0.25, 0.3) is 0 Å². The zero-order valence-electron chi connectivity index (χ0n) is 14.1. The van der Waals surface area contributed by atoms with Crippen molar-refractivity contribution >= 4 is 17.2 Å². The third-order valence-electron chi connectivity index (χ3n) is 3.55. The van der Waals surface area contributed by atoms with Crippen molar-refractivity contribution in [3.8, 4) is 22.9 Å². The zero-order chi connectivity index (χ0) is 17.8. The van der Waals surface area contributed by atoms with Crippen LogP contribution >= 0.6 is 0 Å². The predicted molar refractivity (Wildman–Crippen MR) is 92.0 cm³/mol. The molecule has 3 rings (SSSR count). The van der Waals surface area contributed by atoms with Gasteiger partial charge in [-0.15, -0.1) is 5.10 Å². The third-order valence-corrected chi connectivity index (χ3v) is 3.55. The van der Waals surface area contributed by atoms with Gasteiger partial charge in [-0.3, -0.25) is 4.79 Å². The molecule has 0 atom stereocenters. The van der Waals surface area contributed by atoms with Crippen LogP contribution in [-0.2, 0) is 9.53 Å². The minimum atomic E-state index is -0.264. The Hall–Kier alpha value is -3.13. The molecule has 3 aromatic rings. The van der Waals surface area contributed by atoms with Crippen LogP contribution in [-0.4, -0.2) is 48.4 Å². The Balaban J connectivity index is 1.97. The van der Waals surface area contributed by atoms with Crippen molar-refractivity contribution in [2.75, 3.05) is 33.3 Å². The van der Waals surface area contributed by atoms with E-state index in [4.69, 9.17) is 14.2 Å². The van der Waals surface area contributed by atoms with Gasteiger partial charge in [0.1, 0.15) is 12.4 Å². The first-order valence-electron chi connectivity index (χ1n) is 7.52. The summed E-state index contributed by atoms with van der Waals surface area (Å²) in [7, 11) is 4.57. The molecule has 0 aliphatic carbocycles. The molecular weight excluding hydrogens is 324 g/mol. The lowest BCUT2D eigenvalue weighted by molar-refractivity contribution is -0.119. The molecule has 130 valence electrons. The van der Waals surface area contributed by atoms with E-state index in [1.165, 1.54) is 7.11 Å². The molecule has 0 bridgehead atoms. The second-order valence-corrected chi connectivity index (χ2v) is 5.20. The zero-order valence-corrected chi connectivity index (χ0v) is 14.1. The van der Waals surface area contributed by atoms with Crippen LogP contribution < -0.4 is 14.8 Å². The molecule has 1 amide bonds. The number of anilines is 1. The van der Waals surface area contributed by atoms with Crippen molar-refractivity contribution in [2.45, 2.75) is 0 Å². The van der Waals surface area contributed by atoms with Gasteiger partial charge in [0, 0.05) is 18.7 Å². The molecule has 0 aliphatic heterocycles. The number of imidazole rings is 1. The van der Waals surface area contributed by atoms with E-state index in [0.717, 1.165) is 5.56 Å². The van der Waals surface area contributed by atoms with Crippen LogP contribution in [0.15, 0.2) is 36.5 Å². The largest absolute Gasteiger partial charge is 0.495 e. The number of methoxy groups -OCH3 is 3. The lowest BCUT2D eigenvalue weighted by Crippen LogP contribution is -2.17. The van der Waals surface area contributed by atoms with Crippen LogP contribution in [0.2, 0.25) is 0 Å². The summed E-state index contributed by atoms with van der Waals surface area (Å²) >= 11 is 0. The summed E-state index contributed by atoms with van der Waals surface area (Å²) in [5, 5.41) is 7.06. The second-order valence-electron chi connectivity index (χ2n) is 5.20. The summed E-state index contributed by atoms with van der Waals surface area (Å²) in [6.45, 7) is -0.0362. The van der Waals surface area contributed by atoms with Gasteiger partial charge in [0.2, 0.25) is 11.8 Å². The molecule has 0 fully saturated rings. The number of benzene rings is 1. The van der Waals surface area contributed by atoms with Crippen LogP contribution in [0.25, 0.3) is 16.9 Å². The lowest BCUT2D eigenvalue weighted by atomic mass is 10.1. The van der Waals surface area contributed by atoms with E-state index in [2.05, 4.69) is 15.4 Å². The SMILES string of the molecule is COCC(=O)Nc1cc(-c2cn3nc(OC)ccc3n2)ccc1OC. The van der Waals surface area contributed by atoms with Crippen molar-refractivity contribution in [2.24, 2.45) is 0 Å². The van der Waals surface area contributed by atoms with Crippen molar-refractivity contribution < 1.29 is 19.0 Å². The van der Waals surface area contributed by atoms with Crippen LogP contribution in [0.4, 0.5) is 5.69 Å². The fraction of sp³-hybridized carbons (Fsp3) is 0.235. The minimum Gasteiger partial charge on any atom is -0.495 e. The van der Waals surface area contributed by atoms with Crippen molar-refractivity contribution in [1.82, 2.24) is 14.6 Å². The van der Waals surface area contributed by atoms with Gasteiger partial charge in [-0.2, -0.15) is 0 Å². The van der Waals surface area contributed by atoms with E-state index in [0.29, 0.717) is 28.7 Å². The number of amides is 1. The van der Waals surface area contributed by atoms with Gasteiger partial charge in [0.05, 0.1) is 31.8 Å². The highest BCUT2D eigenvalue weighted by atomic mass is 16.5. The predicted octanol–water partition coefficient (Wildman–Crippen LogP) is 2.00. The Kier molecular flexibility index (Phi) is 4.80. The van der Waals surface area contributed by atoms with Crippen LogP contribution in [0.5, 0.6) is 11.6 Å². The smallest absolute Gasteiger partial charge is 0.250 e. The van der Waals surface area contributed by atoms with Crippen molar-refractivity contribution in [3.05, 3.63) is 36.5 Å². The Morgan fingerprint density at radius 3 is 2.72 bits per heavy atom. The maximum Gasteiger partial charge on any atom is 0.250 e. The first-order valence-corrected chi connectivity index (χ1v) is 7.52. The lowest BCUT2D eigenvalue weighted by Gasteiger charge is -2.11. The Bertz CT molecular complexity index is 907. The number of hydrogen-bond donors (Lipinski definition) is 1. The van der Waals surface area contributed by atoms with E-state index in [1.807, 2.05) is 12.1 Å². The highest BCUT2D eigenvalue weighted by Crippen LogP contribution is 2.30. The molecule has 2 heterocycles. The average molecular weight is 342 g/mol. The molecule has 0 spiro atoms. The average Bonchev–Trinajstić information content (AvgIpc) is 3.05. The summed E-state index contributed by atoms with van der Waals surface area (Å²) in [5.74, 6) is 0.787. The molecule has 2 aromatic heterocycles. The molecule has 25 heavy (non-hydrogen) atoms. The Morgan fingerprint density at radius 2 is 2.00 bits per heavy atom. The van der Waals surface area contributed by atoms with Crippen molar-refractivity contribution in [1.29, 1.82) is 0 Å². The molecule has 0 aliphatic rings. The Morgan fingerprint density at radius 1 is 1.16 bits per heavy atom. The van der Waals surface area contributed by atoms with Crippen LogP contribution in [0.3, 0.4) is 0 Å². The molecule has 0 saturated heterocycles. The highest BCUT2D eigenvalue weighted by molar-refractivity contribution is 5.94. The quantitative estimate of drug-likeness (QED) is 0.737. The van der Waals surface area contributed by atoms with E-state index in [9.17, 15) is 4.79 Å². The number of fused-ring (bicyclic) bond motifs is 1. The number of hydrogen-bond acceptors (Lipinski definition) is 6.